The second-order valence-corrected chi connectivity index (χ2v) is 3.79. The molecular formula is C13H13N3O2. The van der Waals surface area contributed by atoms with Crippen LogP contribution in [0.2, 0.25) is 0 Å². The van der Waals surface area contributed by atoms with Gasteiger partial charge in [-0.05, 0) is 37.6 Å². The molecule has 0 saturated heterocycles. The quantitative estimate of drug-likeness (QED) is 0.824. The van der Waals surface area contributed by atoms with Crippen LogP contribution in [0.5, 0.6) is 0 Å². The van der Waals surface area contributed by atoms with Crippen molar-refractivity contribution in [3.05, 3.63) is 35.2 Å². The third-order valence-electron chi connectivity index (χ3n) is 2.49. The summed E-state index contributed by atoms with van der Waals surface area (Å²) in [4.78, 5) is 4.25. The summed E-state index contributed by atoms with van der Waals surface area (Å²) in [6.07, 6.45) is 0. The van der Waals surface area contributed by atoms with Gasteiger partial charge in [0.15, 0.2) is 5.82 Å². The minimum atomic E-state index is 0.343. The van der Waals surface area contributed by atoms with E-state index in [-0.39, 0.29) is 0 Å². The molecule has 0 radical (unpaired) electrons. The molecule has 1 aromatic carbocycles. The molecular weight excluding hydrogens is 230 g/mol. The molecule has 0 bridgehead atoms. The highest BCUT2D eigenvalue weighted by Crippen LogP contribution is 2.22. The molecule has 0 amide bonds. The Bertz CT molecular complexity index is 584. The number of nitriles is 1. The van der Waals surface area contributed by atoms with Crippen molar-refractivity contribution in [1.82, 2.24) is 10.1 Å². The molecule has 1 heterocycles. The number of hydrogen-bond donors (Lipinski definition) is 0. The third kappa shape index (κ3) is 2.55. The van der Waals surface area contributed by atoms with Crippen molar-refractivity contribution < 1.29 is 9.26 Å². The van der Waals surface area contributed by atoms with Gasteiger partial charge in [-0.3, -0.25) is 0 Å². The zero-order valence-electron chi connectivity index (χ0n) is 10.3. The first-order valence-electron chi connectivity index (χ1n) is 5.66. The fraction of sp³-hybridized carbons (Fsp3) is 0.308. The Morgan fingerprint density at radius 2 is 2.28 bits per heavy atom. The number of benzene rings is 1. The molecule has 0 unspecified atom stereocenters. The molecule has 0 atom stereocenters. The maximum absolute atomic E-state index is 8.81. The predicted molar refractivity (Wildman–Crippen MR) is 64.5 cm³/mol. The first-order valence-corrected chi connectivity index (χ1v) is 5.66. The summed E-state index contributed by atoms with van der Waals surface area (Å²) in [5, 5.41) is 12.6. The molecule has 0 aliphatic heterocycles. The van der Waals surface area contributed by atoms with E-state index in [1.54, 1.807) is 12.1 Å². The molecule has 5 heteroatoms. The molecule has 0 N–H and O–H groups in total. The minimum Gasteiger partial charge on any atom is -0.374 e. The van der Waals surface area contributed by atoms with Gasteiger partial charge < -0.3 is 9.26 Å². The average molecular weight is 243 g/mol. The number of ether oxygens (including phenoxy) is 1. The van der Waals surface area contributed by atoms with Crippen LogP contribution >= 0.6 is 0 Å². The molecule has 0 aliphatic rings. The van der Waals surface area contributed by atoms with E-state index >= 15 is 0 Å². The molecule has 18 heavy (non-hydrogen) atoms. The fourth-order valence-corrected chi connectivity index (χ4v) is 1.59. The summed E-state index contributed by atoms with van der Waals surface area (Å²) in [7, 11) is 0. The average Bonchev–Trinajstić information content (AvgIpc) is 2.84. The topological polar surface area (TPSA) is 71.9 Å². The number of hydrogen-bond acceptors (Lipinski definition) is 5. The van der Waals surface area contributed by atoms with Crippen molar-refractivity contribution in [2.75, 3.05) is 6.61 Å². The summed E-state index contributed by atoms with van der Waals surface area (Å²) < 4.78 is 10.4. The second kappa shape index (κ2) is 5.43. The number of aromatic nitrogens is 2. The molecule has 1 aromatic heterocycles. The van der Waals surface area contributed by atoms with Gasteiger partial charge in [0.1, 0.15) is 6.61 Å². The van der Waals surface area contributed by atoms with Crippen molar-refractivity contribution in [1.29, 1.82) is 5.26 Å². The van der Waals surface area contributed by atoms with E-state index in [1.807, 2.05) is 19.9 Å². The van der Waals surface area contributed by atoms with Crippen LogP contribution in [0.25, 0.3) is 11.5 Å². The van der Waals surface area contributed by atoms with Crippen molar-refractivity contribution in [2.45, 2.75) is 20.5 Å². The van der Waals surface area contributed by atoms with Gasteiger partial charge in [-0.25, -0.2) is 0 Å². The Balaban J connectivity index is 2.26. The van der Waals surface area contributed by atoms with E-state index in [0.717, 1.165) is 11.1 Å². The monoisotopic (exact) mass is 243 g/mol. The van der Waals surface area contributed by atoms with E-state index in [2.05, 4.69) is 16.2 Å². The summed E-state index contributed by atoms with van der Waals surface area (Å²) in [5.74, 6) is 0.974. The van der Waals surface area contributed by atoms with Crippen LogP contribution in [0.3, 0.4) is 0 Å². The molecule has 0 aliphatic carbocycles. The number of aryl methyl sites for hydroxylation is 1. The van der Waals surface area contributed by atoms with E-state index in [4.69, 9.17) is 14.5 Å². The van der Waals surface area contributed by atoms with Gasteiger partial charge in [0, 0.05) is 12.2 Å². The predicted octanol–water partition coefficient (Wildman–Crippen LogP) is 2.45. The second-order valence-electron chi connectivity index (χ2n) is 3.79. The molecule has 92 valence electrons. The SMILES string of the molecule is CCOCc1noc(-c2ccc(C#N)cc2C)n1. The fourth-order valence-electron chi connectivity index (χ4n) is 1.59. The van der Waals surface area contributed by atoms with Gasteiger partial charge in [-0.1, -0.05) is 5.16 Å². The smallest absolute Gasteiger partial charge is 0.258 e. The van der Waals surface area contributed by atoms with Crippen molar-refractivity contribution in [2.24, 2.45) is 0 Å². The lowest BCUT2D eigenvalue weighted by Gasteiger charge is -2.00. The Hall–Kier alpha value is -2.19. The van der Waals surface area contributed by atoms with Crippen molar-refractivity contribution in [3.8, 4) is 17.5 Å². The summed E-state index contributed by atoms with van der Waals surface area (Å²) in [6.45, 7) is 4.77. The minimum absolute atomic E-state index is 0.343. The van der Waals surface area contributed by atoms with Crippen molar-refractivity contribution in [3.63, 3.8) is 0 Å². The van der Waals surface area contributed by atoms with Crippen LogP contribution in [-0.2, 0) is 11.3 Å². The van der Waals surface area contributed by atoms with Crippen LogP contribution in [-0.4, -0.2) is 16.7 Å². The van der Waals surface area contributed by atoms with Gasteiger partial charge in [0.2, 0.25) is 0 Å². The summed E-state index contributed by atoms with van der Waals surface area (Å²) in [6, 6.07) is 7.43. The van der Waals surface area contributed by atoms with Crippen molar-refractivity contribution >= 4 is 0 Å². The number of rotatable bonds is 4. The number of nitrogens with zero attached hydrogens (tertiary/aromatic N) is 3. The van der Waals surface area contributed by atoms with E-state index in [1.165, 1.54) is 0 Å². The van der Waals surface area contributed by atoms with Crippen LogP contribution in [0, 0.1) is 18.3 Å². The van der Waals surface area contributed by atoms with Gasteiger partial charge in [-0.2, -0.15) is 10.2 Å². The van der Waals surface area contributed by atoms with Gasteiger partial charge in [0.05, 0.1) is 11.6 Å². The van der Waals surface area contributed by atoms with Crippen LogP contribution in [0.1, 0.15) is 23.9 Å². The van der Waals surface area contributed by atoms with Crippen LogP contribution in [0.4, 0.5) is 0 Å². The van der Waals surface area contributed by atoms with Gasteiger partial charge >= 0.3 is 0 Å². The Kier molecular flexibility index (Phi) is 3.70. The Morgan fingerprint density at radius 3 is 2.94 bits per heavy atom. The molecule has 0 spiro atoms. The van der Waals surface area contributed by atoms with Gasteiger partial charge in [0.25, 0.3) is 5.89 Å². The largest absolute Gasteiger partial charge is 0.374 e. The first kappa shape index (κ1) is 12.3. The molecule has 0 saturated carbocycles. The van der Waals surface area contributed by atoms with Gasteiger partial charge in [-0.15, -0.1) is 0 Å². The summed E-state index contributed by atoms with van der Waals surface area (Å²) in [5.41, 5.74) is 2.38. The third-order valence-corrected chi connectivity index (χ3v) is 2.49. The lowest BCUT2D eigenvalue weighted by Crippen LogP contribution is -1.93. The summed E-state index contributed by atoms with van der Waals surface area (Å²) >= 11 is 0. The zero-order valence-corrected chi connectivity index (χ0v) is 10.3. The highest BCUT2D eigenvalue weighted by molar-refractivity contribution is 5.60. The van der Waals surface area contributed by atoms with E-state index in [9.17, 15) is 0 Å². The first-order chi connectivity index (χ1) is 8.74. The molecule has 0 fully saturated rings. The molecule has 2 aromatic rings. The van der Waals surface area contributed by atoms with E-state index < -0.39 is 0 Å². The maximum Gasteiger partial charge on any atom is 0.258 e. The van der Waals surface area contributed by atoms with Crippen LogP contribution in [0.15, 0.2) is 22.7 Å². The van der Waals surface area contributed by atoms with E-state index in [0.29, 0.717) is 30.5 Å². The zero-order chi connectivity index (χ0) is 13.0. The Labute approximate surface area is 105 Å². The standard InChI is InChI=1S/C13H13N3O2/c1-3-17-8-12-15-13(18-16-12)11-5-4-10(7-14)6-9(11)2/h4-6H,3,8H2,1-2H3. The Morgan fingerprint density at radius 1 is 1.44 bits per heavy atom. The molecule has 2 rings (SSSR count). The highest BCUT2D eigenvalue weighted by atomic mass is 16.5. The maximum atomic E-state index is 8.81. The lowest BCUT2D eigenvalue weighted by atomic mass is 10.1. The van der Waals surface area contributed by atoms with Crippen LogP contribution < -0.4 is 0 Å². The molecule has 5 nitrogen and oxygen atoms in total. The lowest BCUT2D eigenvalue weighted by molar-refractivity contribution is 0.126. The normalized spacial score (nSPS) is 10.3. The highest BCUT2D eigenvalue weighted by Gasteiger charge is 2.11.